The van der Waals surface area contributed by atoms with Crippen LogP contribution in [0.5, 0.6) is 0 Å². The van der Waals surface area contributed by atoms with Gasteiger partial charge in [0.2, 0.25) is 0 Å². The van der Waals surface area contributed by atoms with Crippen molar-refractivity contribution in [1.82, 2.24) is 9.80 Å². The average molecular weight is 207 g/mol. The summed E-state index contributed by atoms with van der Waals surface area (Å²) in [7, 11) is 0. The van der Waals surface area contributed by atoms with Crippen molar-refractivity contribution in [2.45, 2.75) is 25.7 Å². The van der Waals surface area contributed by atoms with Gasteiger partial charge in [-0.2, -0.15) is 5.26 Å². The maximum Gasteiger partial charge on any atom is 0.320 e. The first-order valence-electron chi connectivity index (χ1n) is 5.75. The Bertz CT molecular complexity index is 278. The second kappa shape index (κ2) is 4.52. The topological polar surface area (TPSA) is 47.3 Å². The summed E-state index contributed by atoms with van der Waals surface area (Å²) in [5.74, 6) is 0.0544. The molecule has 2 saturated heterocycles. The molecular formula is C11H17N3O. The summed E-state index contributed by atoms with van der Waals surface area (Å²) in [6.45, 7) is 3.18. The Hall–Kier alpha value is -1.24. The minimum Gasteiger partial charge on any atom is -0.325 e. The van der Waals surface area contributed by atoms with E-state index < -0.39 is 0 Å². The number of amides is 2. The van der Waals surface area contributed by atoms with Crippen molar-refractivity contribution in [1.29, 1.82) is 5.26 Å². The summed E-state index contributed by atoms with van der Waals surface area (Å²) < 4.78 is 0. The molecule has 0 aliphatic carbocycles. The maximum atomic E-state index is 12.0. The molecule has 0 spiro atoms. The number of nitriles is 1. The number of rotatable bonds is 0. The van der Waals surface area contributed by atoms with E-state index in [9.17, 15) is 4.79 Å². The smallest absolute Gasteiger partial charge is 0.320 e. The molecule has 2 fully saturated rings. The molecule has 2 rings (SSSR count). The molecule has 2 aliphatic rings. The summed E-state index contributed by atoms with van der Waals surface area (Å²) in [4.78, 5) is 15.8. The van der Waals surface area contributed by atoms with Crippen LogP contribution in [0.15, 0.2) is 0 Å². The third-order valence-electron chi connectivity index (χ3n) is 3.27. The van der Waals surface area contributed by atoms with Crippen LogP contribution in [0.3, 0.4) is 0 Å². The van der Waals surface area contributed by atoms with Crippen LogP contribution in [-0.4, -0.2) is 42.0 Å². The van der Waals surface area contributed by atoms with Gasteiger partial charge in [-0.3, -0.25) is 0 Å². The molecule has 1 atom stereocenters. The Kier molecular flexibility index (Phi) is 3.10. The molecule has 4 heteroatoms. The molecule has 0 aromatic heterocycles. The van der Waals surface area contributed by atoms with Gasteiger partial charge in [-0.1, -0.05) is 0 Å². The van der Waals surface area contributed by atoms with E-state index in [4.69, 9.17) is 5.26 Å². The molecule has 4 nitrogen and oxygen atoms in total. The van der Waals surface area contributed by atoms with Crippen LogP contribution in [0.4, 0.5) is 4.79 Å². The number of likely N-dealkylation sites (tertiary alicyclic amines) is 2. The Morgan fingerprint density at radius 2 is 1.87 bits per heavy atom. The van der Waals surface area contributed by atoms with Crippen LogP contribution in [0.1, 0.15) is 25.7 Å². The lowest BCUT2D eigenvalue weighted by Crippen LogP contribution is -2.44. The van der Waals surface area contributed by atoms with Gasteiger partial charge in [0.1, 0.15) is 0 Å². The average Bonchev–Trinajstić information content (AvgIpc) is 2.78. The number of carbonyl (C=O) groups excluding carboxylic acids is 1. The summed E-state index contributed by atoms with van der Waals surface area (Å²) in [5.41, 5.74) is 0. The van der Waals surface area contributed by atoms with E-state index >= 15 is 0 Å². The van der Waals surface area contributed by atoms with Gasteiger partial charge < -0.3 is 9.80 Å². The highest BCUT2D eigenvalue weighted by atomic mass is 16.2. The van der Waals surface area contributed by atoms with Crippen molar-refractivity contribution < 1.29 is 4.79 Å². The third kappa shape index (κ3) is 2.23. The van der Waals surface area contributed by atoms with Crippen LogP contribution < -0.4 is 0 Å². The highest BCUT2D eigenvalue weighted by Gasteiger charge is 2.29. The van der Waals surface area contributed by atoms with Gasteiger partial charge in [0.25, 0.3) is 0 Å². The third-order valence-corrected chi connectivity index (χ3v) is 3.27. The minimum atomic E-state index is 0.0544. The summed E-state index contributed by atoms with van der Waals surface area (Å²) >= 11 is 0. The van der Waals surface area contributed by atoms with Gasteiger partial charge in [-0.05, 0) is 25.7 Å². The van der Waals surface area contributed by atoms with E-state index in [0.29, 0.717) is 6.54 Å². The van der Waals surface area contributed by atoms with Crippen molar-refractivity contribution in [3.8, 4) is 6.07 Å². The summed E-state index contributed by atoms with van der Waals surface area (Å²) in [6.07, 6.45) is 4.34. The lowest BCUT2D eigenvalue weighted by Gasteiger charge is -2.30. The molecule has 82 valence electrons. The van der Waals surface area contributed by atoms with E-state index in [1.807, 2.05) is 9.80 Å². The zero-order valence-corrected chi connectivity index (χ0v) is 8.98. The SMILES string of the molecule is N#CC1CCN(C(=O)N2CCCCC2)C1. The first-order valence-corrected chi connectivity index (χ1v) is 5.75. The summed E-state index contributed by atoms with van der Waals surface area (Å²) in [5, 5.41) is 8.77. The molecular weight excluding hydrogens is 190 g/mol. The Morgan fingerprint density at radius 1 is 1.13 bits per heavy atom. The van der Waals surface area contributed by atoms with Crippen molar-refractivity contribution >= 4 is 6.03 Å². The lowest BCUT2D eigenvalue weighted by atomic mass is 10.1. The number of hydrogen-bond acceptors (Lipinski definition) is 2. The Balaban J connectivity index is 1.88. The predicted molar refractivity (Wildman–Crippen MR) is 56.1 cm³/mol. The number of carbonyl (C=O) groups is 1. The van der Waals surface area contributed by atoms with Crippen molar-refractivity contribution in [3.63, 3.8) is 0 Å². The van der Waals surface area contributed by atoms with Gasteiger partial charge in [0.05, 0.1) is 12.0 Å². The number of nitrogens with zero attached hydrogens (tertiary/aromatic N) is 3. The van der Waals surface area contributed by atoms with Gasteiger partial charge in [0.15, 0.2) is 0 Å². The van der Waals surface area contributed by atoms with Gasteiger partial charge >= 0.3 is 6.03 Å². The van der Waals surface area contributed by atoms with E-state index in [-0.39, 0.29) is 11.9 Å². The fourth-order valence-electron chi connectivity index (χ4n) is 2.32. The van der Waals surface area contributed by atoms with E-state index in [2.05, 4.69) is 6.07 Å². The number of urea groups is 1. The van der Waals surface area contributed by atoms with Crippen molar-refractivity contribution in [3.05, 3.63) is 0 Å². The molecule has 2 heterocycles. The predicted octanol–water partition coefficient (Wildman–Crippen LogP) is 1.44. The van der Waals surface area contributed by atoms with E-state index in [1.54, 1.807) is 0 Å². The first-order chi connectivity index (χ1) is 7.31. The Morgan fingerprint density at radius 3 is 2.47 bits per heavy atom. The molecule has 0 aromatic rings. The van der Waals surface area contributed by atoms with E-state index in [1.165, 1.54) is 6.42 Å². The first kappa shape index (κ1) is 10.3. The monoisotopic (exact) mass is 207 g/mol. The molecule has 0 aromatic carbocycles. The zero-order chi connectivity index (χ0) is 10.7. The fraction of sp³-hybridized carbons (Fsp3) is 0.818. The maximum absolute atomic E-state index is 12.0. The van der Waals surface area contributed by atoms with Gasteiger partial charge in [-0.15, -0.1) is 0 Å². The van der Waals surface area contributed by atoms with Crippen molar-refractivity contribution in [2.24, 2.45) is 5.92 Å². The van der Waals surface area contributed by atoms with Crippen LogP contribution in [0.2, 0.25) is 0 Å². The van der Waals surface area contributed by atoms with Crippen LogP contribution >= 0.6 is 0 Å². The summed E-state index contributed by atoms with van der Waals surface area (Å²) in [6, 6.07) is 2.39. The lowest BCUT2D eigenvalue weighted by molar-refractivity contribution is 0.152. The normalized spacial score (nSPS) is 26.5. The van der Waals surface area contributed by atoms with Gasteiger partial charge in [-0.25, -0.2) is 4.79 Å². The van der Waals surface area contributed by atoms with Gasteiger partial charge in [0, 0.05) is 26.2 Å². The molecule has 0 N–H and O–H groups in total. The molecule has 0 saturated carbocycles. The molecule has 2 amide bonds. The second-order valence-corrected chi connectivity index (χ2v) is 4.39. The molecule has 15 heavy (non-hydrogen) atoms. The van der Waals surface area contributed by atoms with Crippen LogP contribution in [-0.2, 0) is 0 Å². The second-order valence-electron chi connectivity index (χ2n) is 4.39. The van der Waals surface area contributed by atoms with E-state index in [0.717, 1.165) is 38.9 Å². The fourth-order valence-corrected chi connectivity index (χ4v) is 2.32. The van der Waals surface area contributed by atoms with Crippen molar-refractivity contribution in [2.75, 3.05) is 26.2 Å². The van der Waals surface area contributed by atoms with Crippen LogP contribution in [0, 0.1) is 17.2 Å². The minimum absolute atomic E-state index is 0.0544. The quantitative estimate of drug-likeness (QED) is 0.603. The number of hydrogen-bond donors (Lipinski definition) is 0. The molecule has 0 radical (unpaired) electrons. The highest BCUT2D eigenvalue weighted by molar-refractivity contribution is 5.74. The Labute approximate surface area is 90.5 Å². The zero-order valence-electron chi connectivity index (χ0n) is 8.98. The molecule has 2 aliphatic heterocycles. The standard InChI is InChI=1S/C11H17N3O/c12-8-10-4-7-14(9-10)11(15)13-5-2-1-3-6-13/h10H,1-7,9H2. The van der Waals surface area contributed by atoms with Crippen LogP contribution in [0.25, 0.3) is 0 Å². The molecule has 0 bridgehead atoms. The largest absolute Gasteiger partial charge is 0.325 e. The molecule has 1 unspecified atom stereocenters. The number of piperidine rings is 1. The highest BCUT2D eigenvalue weighted by Crippen LogP contribution is 2.18.